The normalized spacial score (nSPS) is 22.0. The van der Waals surface area contributed by atoms with Crippen molar-refractivity contribution in [3.8, 4) is 5.75 Å². The van der Waals surface area contributed by atoms with E-state index in [9.17, 15) is 23.9 Å². The Balaban J connectivity index is 1.70. The molecule has 0 saturated heterocycles. The van der Waals surface area contributed by atoms with Crippen LogP contribution in [0.3, 0.4) is 0 Å². The van der Waals surface area contributed by atoms with E-state index in [0.29, 0.717) is 19.6 Å². The molecule has 1 saturated carbocycles. The highest BCUT2D eigenvalue weighted by Crippen LogP contribution is 2.53. The number of hydrogen-bond acceptors (Lipinski definition) is 5. The van der Waals surface area contributed by atoms with Crippen LogP contribution in [-0.4, -0.2) is 53.6 Å². The molecule has 0 radical (unpaired) electrons. The van der Waals surface area contributed by atoms with Crippen LogP contribution in [0, 0.1) is 11.7 Å². The van der Waals surface area contributed by atoms with Gasteiger partial charge in [-0.25, -0.2) is 4.39 Å². The Bertz CT molecular complexity index is 1150. The third-order valence-corrected chi connectivity index (χ3v) is 6.54. The summed E-state index contributed by atoms with van der Waals surface area (Å²) in [6.45, 7) is 0.836. The van der Waals surface area contributed by atoms with Crippen molar-refractivity contribution in [3.05, 3.63) is 62.3 Å². The van der Waals surface area contributed by atoms with E-state index in [1.165, 1.54) is 23.2 Å². The van der Waals surface area contributed by atoms with Crippen molar-refractivity contribution < 1.29 is 23.8 Å². The van der Waals surface area contributed by atoms with Crippen LogP contribution >= 0.6 is 11.6 Å². The number of ether oxygens (including phenoxy) is 1. The third-order valence-electron chi connectivity index (χ3n) is 6.24. The van der Waals surface area contributed by atoms with E-state index >= 15 is 0 Å². The Morgan fingerprint density at radius 2 is 2.13 bits per heavy atom. The van der Waals surface area contributed by atoms with Crippen LogP contribution in [0.15, 0.2) is 29.2 Å². The van der Waals surface area contributed by atoms with Crippen molar-refractivity contribution in [2.75, 3.05) is 27.3 Å². The van der Waals surface area contributed by atoms with Crippen LogP contribution in [0.4, 0.5) is 4.39 Å². The predicted octanol–water partition coefficient (Wildman–Crippen LogP) is 2.61. The van der Waals surface area contributed by atoms with Crippen LogP contribution in [0.1, 0.15) is 39.3 Å². The zero-order valence-electron chi connectivity index (χ0n) is 17.2. The molecule has 164 valence electrons. The maximum absolute atomic E-state index is 14.1. The molecule has 1 aromatic heterocycles. The molecule has 1 N–H and O–H groups in total. The predicted molar refractivity (Wildman–Crippen MR) is 111 cm³/mol. The van der Waals surface area contributed by atoms with Gasteiger partial charge >= 0.3 is 0 Å². The number of carbonyl (C=O) groups is 2. The quantitative estimate of drug-likeness (QED) is 0.686. The van der Waals surface area contributed by atoms with Gasteiger partial charge in [0.2, 0.25) is 5.43 Å². The average molecular weight is 449 g/mol. The Hall–Kier alpha value is -2.71. The number of pyridine rings is 1. The molecule has 2 unspecified atom stereocenters. The molecule has 1 spiro atoms. The monoisotopic (exact) mass is 448 g/mol. The number of aryl methyl sites for hydroxylation is 1. The third kappa shape index (κ3) is 3.43. The van der Waals surface area contributed by atoms with Crippen LogP contribution in [0.5, 0.6) is 5.75 Å². The fraction of sp³-hybridized carbons (Fsp3) is 0.409. The molecule has 2 heterocycles. The van der Waals surface area contributed by atoms with Gasteiger partial charge < -0.3 is 19.3 Å². The van der Waals surface area contributed by atoms with Gasteiger partial charge in [-0.05, 0) is 24.5 Å². The summed E-state index contributed by atoms with van der Waals surface area (Å²) >= 11 is 5.78. The molecule has 9 heteroatoms. The summed E-state index contributed by atoms with van der Waals surface area (Å²) in [5.74, 6) is -2.28. The summed E-state index contributed by atoms with van der Waals surface area (Å²) in [7, 11) is 3.19. The zero-order chi connectivity index (χ0) is 22.5. The minimum atomic E-state index is -0.898. The first-order chi connectivity index (χ1) is 14.7. The van der Waals surface area contributed by atoms with Crippen molar-refractivity contribution in [2.24, 2.45) is 5.92 Å². The van der Waals surface area contributed by atoms with E-state index in [4.69, 9.17) is 16.3 Å². The largest absolute Gasteiger partial charge is 0.503 e. The lowest BCUT2D eigenvalue weighted by Crippen LogP contribution is -2.48. The first kappa shape index (κ1) is 21.5. The Labute approximate surface area is 183 Å². The van der Waals surface area contributed by atoms with Gasteiger partial charge in [0.15, 0.2) is 17.2 Å². The maximum atomic E-state index is 14.1. The first-order valence-electron chi connectivity index (χ1n) is 9.91. The van der Waals surface area contributed by atoms with Crippen LogP contribution in [-0.2, 0) is 16.7 Å². The highest BCUT2D eigenvalue weighted by molar-refractivity contribution is 6.30. The summed E-state index contributed by atoms with van der Waals surface area (Å²) in [4.78, 5) is 39.7. The number of halogens is 2. The molecule has 2 aromatic rings. The molecule has 4 rings (SSSR count). The molecule has 31 heavy (non-hydrogen) atoms. The van der Waals surface area contributed by atoms with Crippen molar-refractivity contribution >= 4 is 23.3 Å². The number of hydrogen-bond donors (Lipinski definition) is 1. The number of aromatic hydroxyl groups is 1. The van der Waals surface area contributed by atoms with Crippen LogP contribution in [0.25, 0.3) is 0 Å². The van der Waals surface area contributed by atoms with Crippen molar-refractivity contribution in [1.29, 1.82) is 0 Å². The number of rotatable bonds is 6. The van der Waals surface area contributed by atoms with Gasteiger partial charge in [0.25, 0.3) is 5.91 Å². The Morgan fingerprint density at radius 1 is 1.39 bits per heavy atom. The number of Topliss-reactive ketones (excluding diaryl/α,β-unsaturated/α-hetero) is 1. The number of benzene rings is 1. The number of methoxy groups -OCH3 is 1. The number of ketones is 1. The second-order valence-corrected chi connectivity index (χ2v) is 8.60. The summed E-state index contributed by atoms with van der Waals surface area (Å²) in [6.07, 6.45) is 1.96. The first-order valence-corrected chi connectivity index (χ1v) is 10.3. The minimum Gasteiger partial charge on any atom is -0.503 e. The number of fused-ring (bicyclic) bond motifs is 2. The molecule has 1 fully saturated rings. The van der Waals surface area contributed by atoms with Gasteiger partial charge in [0.05, 0.1) is 22.7 Å². The molecule has 1 aliphatic carbocycles. The van der Waals surface area contributed by atoms with E-state index in [1.807, 2.05) is 0 Å². The lowest BCUT2D eigenvalue weighted by molar-refractivity contribution is 0.0664. The molecular weight excluding hydrogens is 427 g/mol. The topological polar surface area (TPSA) is 88.8 Å². The second-order valence-electron chi connectivity index (χ2n) is 8.20. The lowest BCUT2D eigenvalue weighted by atomic mass is 10.00. The summed E-state index contributed by atoms with van der Waals surface area (Å²) < 4.78 is 21.0. The summed E-state index contributed by atoms with van der Waals surface area (Å²) in [5, 5.41) is 10.5. The minimum absolute atomic E-state index is 0.0427. The van der Waals surface area contributed by atoms with E-state index in [0.717, 1.165) is 0 Å². The Morgan fingerprint density at radius 3 is 2.84 bits per heavy atom. The fourth-order valence-electron chi connectivity index (χ4n) is 4.49. The van der Waals surface area contributed by atoms with Gasteiger partial charge in [0, 0.05) is 39.2 Å². The van der Waals surface area contributed by atoms with Crippen LogP contribution < -0.4 is 5.43 Å². The molecule has 1 amide bonds. The van der Waals surface area contributed by atoms with E-state index in [1.54, 1.807) is 24.8 Å². The molecule has 0 bridgehead atoms. The second kappa shape index (κ2) is 7.76. The number of amides is 1. The number of aromatic nitrogens is 1. The average Bonchev–Trinajstić information content (AvgIpc) is 3.41. The molecule has 2 aliphatic rings. The number of carbonyl (C=O) groups excluding carboxylic acids is 2. The molecule has 1 aliphatic heterocycles. The standard InChI is InChI=1S/C22H22ClFN2O5/c1-25-11-22(8-13(22)10-31-2)26-9-14(19(28)20(29)18(26)21(25)30)16(27)7-6-12-4-3-5-15(23)17(12)24/h3-5,9,13,29H,6-8,10-11H2,1-2H3. The van der Waals surface area contributed by atoms with Crippen LogP contribution in [0.2, 0.25) is 5.02 Å². The molecule has 7 nitrogen and oxygen atoms in total. The summed E-state index contributed by atoms with van der Waals surface area (Å²) in [6, 6.07) is 4.52. The number of likely N-dealkylation sites (N-methyl/N-ethyl adjacent to an activating group) is 1. The number of nitrogens with zero attached hydrogens (tertiary/aromatic N) is 2. The van der Waals surface area contributed by atoms with E-state index in [-0.39, 0.29) is 40.6 Å². The van der Waals surface area contributed by atoms with E-state index in [2.05, 4.69) is 0 Å². The van der Waals surface area contributed by atoms with Gasteiger partial charge in [-0.2, -0.15) is 0 Å². The molecule has 1 aromatic carbocycles. The summed E-state index contributed by atoms with van der Waals surface area (Å²) in [5.41, 5.74) is -1.50. The molecular formula is C22H22ClFN2O5. The van der Waals surface area contributed by atoms with Gasteiger partial charge in [-0.15, -0.1) is 0 Å². The zero-order valence-corrected chi connectivity index (χ0v) is 17.9. The molecule has 2 atom stereocenters. The lowest BCUT2D eigenvalue weighted by Gasteiger charge is -2.35. The van der Waals surface area contributed by atoms with Gasteiger partial charge in [-0.3, -0.25) is 14.4 Å². The highest BCUT2D eigenvalue weighted by atomic mass is 35.5. The maximum Gasteiger partial charge on any atom is 0.274 e. The SMILES string of the molecule is COCC1CC12CN(C)C(=O)c1c(O)c(=O)c(C(=O)CCc3cccc(Cl)c3F)cn12. The Kier molecular flexibility index (Phi) is 5.39. The van der Waals surface area contributed by atoms with Gasteiger partial charge in [-0.1, -0.05) is 23.7 Å². The highest BCUT2D eigenvalue weighted by Gasteiger charge is 2.60. The van der Waals surface area contributed by atoms with Crippen molar-refractivity contribution in [2.45, 2.75) is 24.8 Å². The van der Waals surface area contributed by atoms with Crippen molar-refractivity contribution in [1.82, 2.24) is 9.47 Å². The fourth-order valence-corrected chi connectivity index (χ4v) is 4.69. The van der Waals surface area contributed by atoms with Crippen molar-refractivity contribution in [3.63, 3.8) is 0 Å². The van der Waals surface area contributed by atoms with E-state index < -0.39 is 34.2 Å². The smallest absolute Gasteiger partial charge is 0.274 e. The van der Waals surface area contributed by atoms with Gasteiger partial charge in [0.1, 0.15) is 5.82 Å².